The Morgan fingerprint density at radius 3 is 2.67 bits per heavy atom. The highest BCUT2D eigenvalue weighted by atomic mass is 19.1. The summed E-state index contributed by atoms with van der Waals surface area (Å²) in [7, 11) is 3.14. The molecule has 4 aromatic rings. The minimum Gasteiger partial charge on any atom is -0.497 e. The van der Waals surface area contributed by atoms with Gasteiger partial charge in [0.25, 0.3) is 0 Å². The predicted octanol–water partition coefficient (Wildman–Crippen LogP) is 5.15. The number of halogens is 2. The Balaban J connectivity index is 1.47. The van der Waals surface area contributed by atoms with E-state index in [1.165, 1.54) is 18.2 Å². The second-order valence-corrected chi connectivity index (χ2v) is 8.91. The fraction of sp³-hybridized carbons (Fsp3) is 0.214. The first-order chi connectivity index (χ1) is 18.9. The highest BCUT2D eigenvalue weighted by Gasteiger charge is 2.26. The molecular formula is C28H28F2N6O3. The van der Waals surface area contributed by atoms with Crippen molar-refractivity contribution in [1.82, 2.24) is 9.97 Å². The summed E-state index contributed by atoms with van der Waals surface area (Å²) in [5.41, 5.74) is 15.6. The number of rotatable bonds is 8. The number of benzene rings is 3. The van der Waals surface area contributed by atoms with E-state index in [0.29, 0.717) is 53.6 Å². The molecule has 1 aromatic heterocycles. The molecule has 6 N–H and O–H groups in total. The molecule has 5 rings (SSSR count). The minimum atomic E-state index is -0.442. The number of para-hydroxylation sites is 1. The Morgan fingerprint density at radius 2 is 1.87 bits per heavy atom. The highest BCUT2D eigenvalue weighted by Crippen LogP contribution is 2.40. The van der Waals surface area contributed by atoms with Crippen molar-refractivity contribution in [2.45, 2.75) is 19.0 Å². The molecule has 0 radical (unpaired) electrons. The lowest BCUT2D eigenvalue weighted by atomic mass is 10.00. The summed E-state index contributed by atoms with van der Waals surface area (Å²) in [6.45, 7) is 0.638. The van der Waals surface area contributed by atoms with Crippen LogP contribution in [0.15, 0.2) is 54.6 Å². The first-order valence-electron chi connectivity index (χ1n) is 12.2. The summed E-state index contributed by atoms with van der Waals surface area (Å²) in [4.78, 5) is 8.67. The van der Waals surface area contributed by atoms with Crippen LogP contribution < -0.4 is 36.3 Å². The predicted molar refractivity (Wildman–Crippen MR) is 146 cm³/mol. The molecule has 2 heterocycles. The first kappa shape index (κ1) is 25.8. The lowest BCUT2D eigenvalue weighted by Gasteiger charge is -2.28. The maximum absolute atomic E-state index is 14.3. The third-order valence-corrected chi connectivity index (χ3v) is 6.50. The van der Waals surface area contributed by atoms with Crippen LogP contribution in [-0.4, -0.2) is 30.8 Å². The Labute approximate surface area is 224 Å². The number of methoxy groups -OCH3 is 2. The van der Waals surface area contributed by atoms with Crippen molar-refractivity contribution in [3.63, 3.8) is 0 Å². The number of hydrogen-bond acceptors (Lipinski definition) is 9. The monoisotopic (exact) mass is 534 g/mol. The fourth-order valence-corrected chi connectivity index (χ4v) is 4.56. The van der Waals surface area contributed by atoms with E-state index in [0.717, 1.165) is 5.56 Å². The smallest absolute Gasteiger partial charge is 0.222 e. The van der Waals surface area contributed by atoms with Crippen LogP contribution in [-0.2, 0) is 6.54 Å². The Hall–Kier alpha value is -4.80. The molecule has 39 heavy (non-hydrogen) atoms. The summed E-state index contributed by atoms with van der Waals surface area (Å²) < 4.78 is 44.9. The summed E-state index contributed by atoms with van der Waals surface area (Å²) in [6, 6.07) is 14.1. The number of nitrogen functional groups attached to an aromatic ring is 2. The van der Waals surface area contributed by atoms with Gasteiger partial charge in [-0.1, -0.05) is 12.1 Å². The van der Waals surface area contributed by atoms with Crippen molar-refractivity contribution in [1.29, 1.82) is 0 Å². The van der Waals surface area contributed by atoms with E-state index >= 15 is 0 Å². The number of nitrogens with zero attached hydrogens (tertiary/aromatic N) is 2. The van der Waals surface area contributed by atoms with Gasteiger partial charge >= 0.3 is 0 Å². The third kappa shape index (κ3) is 5.28. The molecule has 202 valence electrons. The minimum absolute atomic E-state index is 0.0275. The number of ether oxygens (including phenoxy) is 3. The van der Waals surface area contributed by atoms with Gasteiger partial charge in [0, 0.05) is 41.4 Å². The van der Waals surface area contributed by atoms with Crippen LogP contribution in [0.25, 0.3) is 11.3 Å². The van der Waals surface area contributed by atoms with Crippen molar-refractivity contribution in [2.75, 3.05) is 42.9 Å². The van der Waals surface area contributed by atoms with E-state index in [9.17, 15) is 8.78 Å². The molecule has 1 atom stereocenters. The SMILES string of the molecule is COc1ccc(CNc2cc(F)ccc2-c2nc(N)nc(NC3CCOc4c(F)cccc43)c2N)c(OC)c1. The van der Waals surface area contributed by atoms with Crippen LogP contribution in [0.2, 0.25) is 0 Å². The molecule has 1 aliphatic heterocycles. The molecule has 0 bridgehead atoms. The first-order valence-corrected chi connectivity index (χ1v) is 12.2. The molecule has 0 saturated heterocycles. The van der Waals surface area contributed by atoms with Gasteiger partial charge in [-0.3, -0.25) is 0 Å². The molecule has 3 aromatic carbocycles. The molecule has 11 heteroatoms. The molecule has 0 spiro atoms. The van der Waals surface area contributed by atoms with E-state index in [1.807, 2.05) is 12.1 Å². The van der Waals surface area contributed by atoms with Crippen molar-refractivity contribution < 1.29 is 23.0 Å². The topological polar surface area (TPSA) is 130 Å². The van der Waals surface area contributed by atoms with Crippen LogP contribution >= 0.6 is 0 Å². The zero-order valence-electron chi connectivity index (χ0n) is 21.4. The Kier molecular flexibility index (Phi) is 7.22. The van der Waals surface area contributed by atoms with Crippen molar-refractivity contribution in [3.8, 4) is 28.5 Å². The van der Waals surface area contributed by atoms with Gasteiger partial charge in [-0.2, -0.15) is 4.98 Å². The van der Waals surface area contributed by atoms with Gasteiger partial charge < -0.3 is 36.3 Å². The Morgan fingerprint density at radius 1 is 1.03 bits per heavy atom. The Bertz CT molecular complexity index is 1520. The quantitative estimate of drug-likeness (QED) is 0.242. The summed E-state index contributed by atoms with van der Waals surface area (Å²) in [5, 5.41) is 6.52. The third-order valence-electron chi connectivity index (χ3n) is 6.50. The average Bonchev–Trinajstić information content (AvgIpc) is 2.94. The number of fused-ring (bicyclic) bond motifs is 1. The molecule has 0 fully saturated rings. The molecule has 1 unspecified atom stereocenters. The van der Waals surface area contributed by atoms with Gasteiger partial charge in [-0.15, -0.1) is 0 Å². The number of aromatic nitrogens is 2. The van der Waals surface area contributed by atoms with Gasteiger partial charge in [0.1, 0.15) is 28.7 Å². The highest BCUT2D eigenvalue weighted by molar-refractivity contribution is 5.88. The average molecular weight is 535 g/mol. The van der Waals surface area contributed by atoms with E-state index in [2.05, 4.69) is 20.6 Å². The van der Waals surface area contributed by atoms with Gasteiger partial charge in [0.2, 0.25) is 5.95 Å². The zero-order valence-corrected chi connectivity index (χ0v) is 21.4. The van der Waals surface area contributed by atoms with E-state index < -0.39 is 11.6 Å². The van der Waals surface area contributed by atoms with E-state index in [4.69, 9.17) is 25.7 Å². The fourth-order valence-electron chi connectivity index (χ4n) is 4.56. The van der Waals surface area contributed by atoms with Crippen LogP contribution in [0, 0.1) is 11.6 Å². The van der Waals surface area contributed by atoms with Crippen LogP contribution in [0.5, 0.6) is 17.2 Å². The molecule has 0 saturated carbocycles. The van der Waals surface area contributed by atoms with Gasteiger partial charge in [0.15, 0.2) is 17.4 Å². The summed E-state index contributed by atoms with van der Waals surface area (Å²) >= 11 is 0. The van der Waals surface area contributed by atoms with E-state index in [-0.39, 0.29) is 29.2 Å². The van der Waals surface area contributed by atoms with Crippen LogP contribution in [0.1, 0.15) is 23.6 Å². The van der Waals surface area contributed by atoms with Crippen LogP contribution in [0.3, 0.4) is 0 Å². The van der Waals surface area contributed by atoms with E-state index in [1.54, 1.807) is 38.5 Å². The molecule has 9 nitrogen and oxygen atoms in total. The largest absolute Gasteiger partial charge is 0.497 e. The molecule has 0 aliphatic carbocycles. The lowest BCUT2D eigenvalue weighted by molar-refractivity contribution is 0.260. The molecule has 1 aliphatic rings. The lowest BCUT2D eigenvalue weighted by Crippen LogP contribution is -2.22. The van der Waals surface area contributed by atoms with Crippen molar-refractivity contribution in [3.05, 3.63) is 77.4 Å². The van der Waals surface area contributed by atoms with Crippen LogP contribution in [0.4, 0.5) is 31.9 Å². The number of hydrogen-bond donors (Lipinski definition) is 4. The maximum atomic E-state index is 14.3. The van der Waals surface area contributed by atoms with Gasteiger partial charge in [-0.25, -0.2) is 13.8 Å². The normalized spacial score (nSPS) is 14.2. The molecule has 0 amide bonds. The zero-order chi connectivity index (χ0) is 27.5. The maximum Gasteiger partial charge on any atom is 0.222 e. The number of nitrogens with two attached hydrogens (primary N) is 2. The summed E-state index contributed by atoms with van der Waals surface area (Å²) in [5.74, 6) is 0.840. The van der Waals surface area contributed by atoms with Crippen molar-refractivity contribution >= 4 is 23.1 Å². The molecular weight excluding hydrogens is 506 g/mol. The number of anilines is 4. The second-order valence-electron chi connectivity index (χ2n) is 8.91. The van der Waals surface area contributed by atoms with Gasteiger partial charge in [-0.05, 0) is 36.4 Å². The standard InChI is InChI=1S/C28H28F2N6O3/c1-37-17-8-6-15(23(13-17)38-2)14-33-22-12-16(29)7-9-18(22)25-24(31)27(36-28(32)35-25)34-21-10-11-39-26-19(21)4-3-5-20(26)30/h3-9,12-13,21,33H,10-11,14,31H2,1-2H3,(H3,32,34,35,36). The van der Waals surface area contributed by atoms with Gasteiger partial charge in [0.05, 0.1) is 26.9 Å². The summed E-state index contributed by atoms with van der Waals surface area (Å²) in [6.07, 6.45) is 0.558. The number of nitrogens with one attached hydrogen (secondary N) is 2. The second kappa shape index (κ2) is 10.9. The van der Waals surface area contributed by atoms with Crippen molar-refractivity contribution in [2.24, 2.45) is 0 Å².